The molecule has 0 N–H and O–H groups in total. The number of hydrogen-bond donors (Lipinski definition) is 0. The van der Waals surface area contributed by atoms with Crippen LogP contribution in [0.2, 0.25) is 0 Å². The molecule has 1 aromatic carbocycles. The second-order valence-corrected chi connectivity index (χ2v) is 5.47. The van der Waals surface area contributed by atoms with Crippen molar-refractivity contribution in [1.82, 2.24) is 0 Å². The summed E-state index contributed by atoms with van der Waals surface area (Å²) in [6, 6.07) is 3.50. The van der Waals surface area contributed by atoms with E-state index in [1.54, 1.807) is 6.07 Å². The van der Waals surface area contributed by atoms with E-state index in [4.69, 9.17) is 0 Å². The van der Waals surface area contributed by atoms with Gasteiger partial charge in [-0.25, -0.2) is 4.39 Å². The van der Waals surface area contributed by atoms with Crippen molar-refractivity contribution in [3.63, 3.8) is 0 Å². The lowest BCUT2D eigenvalue weighted by atomic mass is 9.93. The fraction of sp³-hybridized carbons (Fsp3) is 0.538. The normalized spacial score (nSPS) is 16.4. The average Bonchev–Trinajstić information content (AvgIpc) is 2.17. The summed E-state index contributed by atoms with van der Waals surface area (Å²) in [5.41, 5.74) is 2.19. The van der Waals surface area contributed by atoms with Crippen molar-refractivity contribution in [1.29, 1.82) is 0 Å². The van der Waals surface area contributed by atoms with Crippen LogP contribution in [-0.4, -0.2) is 13.1 Å². The average molecular weight is 286 g/mol. The Balaban J connectivity index is 2.09. The van der Waals surface area contributed by atoms with Gasteiger partial charge in [-0.3, -0.25) is 0 Å². The number of halogens is 2. The van der Waals surface area contributed by atoms with Gasteiger partial charge in [-0.1, -0.05) is 13.3 Å². The third-order valence-electron chi connectivity index (χ3n) is 3.23. The fourth-order valence-electron chi connectivity index (χ4n) is 2.33. The van der Waals surface area contributed by atoms with Crippen molar-refractivity contribution in [3.8, 4) is 0 Å². The minimum Gasteiger partial charge on any atom is -0.371 e. The molecule has 1 aliphatic rings. The maximum Gasteiger partial charge on any atom is 0.137 e. The van der Waals surface area contributed by atoms with Crippen LogP contribution in [0.1, 0.15) is 25.3 Å². The van der Waals surface area contributed by atoms with Crippen molar-refractivity contribution < 1.29 is 4.39 Å². The Bertz CT molecular complexity index is 386. The minimum atomic E-state index is -0.174. The summed E-state index contributed by atoms with van der Waals surface area (Å²) < 4.78 is 13.8. The van der Waals surface area contributed by atoms with Crippen molar-refractivity contribution in [2.24, 2.45) is 5.92 Å². The van der Waals surface area contributed by atoms with E-state index in [0.29, 0.717) is 4.47 Å². The number of hydrogen-bond acceptors (Lipinski definition) is 1. The van der Waals surface area contributed by atoms with Gasteiger partial charge in [0.1, 0.15) is 5.82 Å². The number of rotatable bonds is 3. The maximum absolute atomic E-state index is 13.3. The molecule has 2 rings (SSSR count). The molecular weight excluding hydrogens is 269 g/mol. The topological polar surface area (TPSA) is 3.24 Å². The molecule has 0 aliphatic carbocycles. The molecule has 1 fully saturated rings. The highest BCUT2D eigenvalue weighted by Crippen LogP contribution is 2.33. The summed E-state index contributed by atoms with van der Waals surface area (Å²) in [4.78, 5) is 2.33. The highest BCUT2D eigenvalue weighted by molar-refractivity contribution is 9.10. The van der Waals surface area contributed by atoms with Crippen LogP contribution in [0.25, 0.3) is 0 Å². The van der Waals surface area contributed by atoms with E-state index in [0.717, 1.165) is 24.6 Å². The predicted molar refractivity (Wildman–Crippen MR) is 69.4 cm³/mol. The number of anilines is 1. The number of aryl methyl sites for hydroxylation is 1. The summed E-state index contributed by atoms with van der Waals surface area (Å²) >= 11 is 3.25. The SMILES string of the molecule is CCCC1CN(c2cc(Br)c(F)cc2C)C1. The molecule has 3 heteroatoms. The Morgan fingerprint density at radius 2 is 2.12 bits per heavy atom. The third-order valence-corrected chi connectivity index (χ3v) is 3.84. The lowest BCUT2D eigenvalue weighted by Crippen LogP contribution is -2.47. The molecule has 0 unspecified atom stereocenters. The first-order valence-corrected chi connectivity index (χ1v) is 6.61. The molecular formula is C13H17BrFN. The third kappa shape index (κ3) is 2.24. The second-order valence-electron chi connectivity index (χ2n) is 4.61. The van der Waals surface area contributed by atoms with Gasteiger partial charge in [-0.05, 0) is 52.9 Å². The zero-order valence-corrected chi connectivity index (χ0v) is 11.3. The second kappa shape index (κ2) is 4.74. The Hall–Kier alpha value is -0.570. The predicted octanol–water partition coefficient (Wildman–Crippen LogP) is 4.13. The van der Waals surface area contributed by atoms with Crippen LogP contribution in [0.15, 0.2) is 16.6 Å². The molecule has 1 heterocycles. The van der Waals surface area contributed by atoms with Gasteiger partial charge in [-0.2, -0.15) is 0 Å². The van der Waals surface area contributed by atoms with E-state index in [1.165, 1.54) is 18.5 Å². The maximum atomic E-state index is 13.3. The molecule has 0 bridgehead atoms. The molecule has 16 heavy (non-hydrogen) atoms. The zero-order valence-electron chi connectivity index (χ0n) is 9.76. The summed E-state index contributed by atoms with van der Waals surface area (Å²) in [6.07, 6.45) is 2.56. The molecule has 1 nitrogen and oxygen atoms in total. The molecule has 0 atom stereocenters. The highest BCUT2D eigenvalue weighted by atomic mass is 79.9. The Kier molecular flexibility index (Phi) is 3.53. The molecule has 1 aromatic rings. The standard InChI is InChI=1S/C13H17BrFN/c1-3-4-10-7-16(8-10)13-6-11(14)12(15)5-9(13)2/h5-6,10H,3-4,7-8H2,1-2H3. The fourth-order valence-corrected chi connectivity index (χ4v) is 2.67. The van der Waals surface area contributed by atoms with Gasteiger partial charge in [0.2, 0.25) is 0 Å². The molecule has 88 valence electrons. The first-order valence-electron chi connectivity index (χ1n) is 5.82. The van der Waals surface area contributed by atoms with E-state index < -0.39 is 0 Å². The highest BCUT2D eigenvalue weighted by Gasteiger charge is 2.27. The van der Waals surface area contributed by atoms with E-state index in [-0.39, 0.29) is 5.82 Å². The summed E-state index contributed by atoms with van der Waals surface area (Å²) in [6.45, 7) is 6.43. The minimum absolute atomic E-state index is 0.174. The van der Waals surface area contributed by atoms with E-state index in [2.05, 4.69) is 27.8 Å². The van der Waals surface area contributed by atoms with Gasteiger partial charge in [-0.15, -0.1) is 0 Å². The van der Waals surface area contributed by atoms with Crippen molar-refractivity contribution in [3.05, 3.63) is 28.0 Å². The molecule has 1 aliphatic heterocycles. The monoisotopic (exact) mass is 285 g/mol. The quantitative estimate of drug-likeness (QED) is 0.807. The van der Waals surface area contributed by atoms with Gasteiger partial charge in [0.15, 0.2) is 0 Å². The van der Waals surface area contributed by atoms with Crippen LogP contribution >= 0.6 is 15.9 Å². The van der Waals surface area contributed by atoms with Crippen molar-refractivity contribution in [2.75, 3.05) is 18.0 Å². The first kappa shape index (κ1) is 11.9. The van der Waals surface area contributed by atoms with Gasteiger partial charge in [0, 0.05) is 18.8 Å². The van der Waals surface area contributed by atoms with E-state index in [9.17, 15) is 4.39 Å². The molecule has 0 radical (unpaired) electrons. The molecule has 0 amide bonds. The smallest absolute Gasteiger partial charge is 0.137 e. The van der Waals surface area contributed by atoms with Crippen molar-refractivity contribution in [2.45, 2.75) is 26.7 Å². The first-order chi connectivity index (χ1) is 7.61. The molecule has 0 spiro atoms. The Labute approximate surface area is 105 Å². The van der Waals surface area contributed by atoms with E-state index >= 15 is 0 Å². The largest absolute Gasteiger partial charge is 0.371 e. The number of benzene rings is 1. The van der Waals surface area contributed by atoms with Gasteiger partial charge < -0.3 is 4.90 Å². The van der Waals surface area contributed by atoms with Gasteiger partial charge >= 0.3 is 0 Å². The molecule has 0 saturated carbocycles. The molecule has 0 aromatic heterocycles. The van der Waals surface area contributed by atoms with Gasteiger partial charge in [0.25, 0.3) is 0 Å². The lowest BCUT2D eigenvalue weighted by Gasteiger charge is -2.42. The Morgan fingerprint density at radius 1 is 1.44 bits per heavy atom. The van der Waals surface area contributed by atoms with E-state index in [1.807, 2.05) is 13.0 Å². The van der Waals surface area contributed by atoms with Crippen molar-refractivity contribution >= 4 is 21.6 Å². The van der Waals surface area contributed by atoms with Crippen LogP contribution in [0, 0.1) is 18.7 Å². The summed E-state index contributed by atoms with van der Waals surface area (Å²) in [5.74, 6) is 0.653. The van der Waals surface area contributed by atoms with Crippen LogP contribution in [0.4, 0.5) is 10.1 Å². The van der Waals surface area contributed by atoms with Crippen LogP contribution in [0.3, 0.4) is 0 Å². The summed E-state index contributed by atoms with van der Waals surface area (Å²) in [7, 11) is 0. The molecule has 1 saturated heterocycles. The van der Waals surface area contributed by atoms with Crippen LogP contribution in [0.5, 0.6) is 0 Å². The zero-order chi connectivity index (χ0) is 11.7. The van der Waals surface area contributed by atoms with Gasteiger partial charge in [0.05, 0.1) is 4.47 Å². The lowest BCUT2D eigenvalue weighted by molar-refractivity contribution is 0.380. The summed E-state index contributed by atoms with van der Waals surface area (Å²) in [5, 5.41) is 0. The number of nitrogens with zero attached hydrogens (tertiary/aromatic N) is 1. The Morgan fingerprint density at radius 3 is 2.75 bits per heavy atom. The van der Waals surface area contributed by atoms with Crippen LogP contribution in [-0.2, 0) is 0 Å². The van der Waals surface area contributed by atoms with Crippen LogP contribution < -0.4 is 4.90 Å².